The van der Waals surface area contributed by atoms with Crippen molar-refractivity contribution in [2.75, 3.05) is 37.6 Å². The van der Waals surface area contributed by atoms with Crippen molar-refractivity contribution in [3.05, 3.63) is 18.1 Å². The predicted octanol–water partition coefficient (Wildman–Crippen LogP) is 1.20. The summed E-state index contributed by atoms with van der Waals surface area (Å²) in [5, 5.41) is 2.90. The molecule has 126 valence electrons. The number of amides is 1. The quantitative estimate of drug-likeness (QED) is 0.905. The molecule has 0 spiro atoms. The van der Waals surface area contributed by atoms with Gasteiger partial charge in [-0.05, 0) is 12.8 Å². The maximum absolute atomic E-state index is 12.7. The van der Waals surface area contributed by atoms with Gasteiger partial charge >= 0.3 is 0 Å². The van der Waals surface area contributed by atoms with Gasteiger partial charge in [0, 0.05) is 51.3 Å². The van der Waals surface area contributed by atoms with Crippen LogP contribution in [-0.4, -0.2) is 59.5 Å². The SMILES string of the molecule is O=C1CCC(N2CCN(c3cc(C(F)F)ncn3)CC2)CCN1. The summed E-state index contributed by atoms with van der Waals surface area (Å²) < 4.78 is 25.5. The van der Waals surface area contributed by atoms with E-state index < -0.39 is 6.43 Å². The Morgan fingerprint density at radius 3 is 2.70 bits per heavy atom. The summed E-state index contributed by atoms with van der Waals surface area (Å²) in [6.07, 6.45) is 1.05. The maximum Gasteiger partial charge on any atom is 0.280 e. The number of piperazine rings is 1. The van der Waals surface area contributed by atoms with Gasteiger partial charge < -0.3 is 10.2 Å². The van der Waals surface area contributed by atoms with Crippen molar-refractivity contribution >= 4 is 11.7 Å². The summed E-state index contributed by atoms with van der Waals surface area (Å²) >= 11 is 0. The fourth-order valence-corrected chi connectivity index (χ4v) is 3.24. The van der Waals surface area contributed by atoms with Gasteiger partial charge in [-0.1, -0.05) is 0 Å². The third kappa shape index (κ3) is 3.93. The number of halogens is 2. The van der Waals surface area contributed by atoms with Crippen molar-refractivity contribution in [3.63, 3.8) is 0 Å². The largest absolute Gasteiger partial charge is 0.356 e. The van der Waals surface area contributed by atoms with Crippen LogP contribution < -0.4 is 10.2 Å². The Bertz CT molecular complexity index is 548. The van der Waals surface area contributed by atoms with Crippen LogP contribution in [0.5, 0.6) is 0 Å². The molecule has 1 aromatic heterocycles. The lowest BCUT2D eigenvalue weighted by Gasteiger charge is -2.39. The van der Waals surface area contributed by atoms with E-state index in [0.29, 0.717) is 18.3 Å². The minimum Gasteiger partial charge on any atom is -0.356 e. The second kappa shape index (κ2) is 7.16. The summed E-state index contributed by atoms with van der Waals surface area (Å²) in [4.78, 5) is 23.6. The zero-order valence-corrected chi connectivity index (χ0v) is 12.9. The maximum atomic E-state index is 12.7. The number of hydrogen-bond acceptors (Lipinski definition) is 5. The molecule has 8 heteroatoms. The summed E-state index contributed by atoms with van der Waals surface area (Å²) in [7, 11) is 0. The molecule has 3 rings (SSSR count). The van der Waals surface area contributed by atoms with Gasteiger partial charge in [-0.15, -0.1) is 0 Å². The number of rotatable bonds is 3. The molecular weight excluding hydrogens is 304 g/mol. The number of nitrogens with zero attached hydrogens (tertiary/aromatic N) is 4. The molecule has 1 aromatic rings. The fraction of sp³-hybridized carbons (Fsp3) is 0.667. The molecule has 3 heterocycles. The standard InChI is InChI=1S/C15H21F2N5O/c16-15(17)12-9-13(20-10-19-12)22-7-5-21(6-8-22)11-1-2-14(23)18-4-3-11/h9-11,15H,1-8H2,(H,18,23). The van der Waals surface area contributed by atoms with Crippen LogP contribution in [0.25, 0.3) is 0 Å². The van der Waals surface area contributed by atoms with Crippen molar-refractivity contribution < 1.29 is 13.6 Å². The van der Waals surface area contributed by atoms with E-state index in [1.54, 1.807) is 0 Å². The van der Waals surface area contributed by atoms with Crippen molar-refractivity contribution in [3.8, 4) is 0 Å². The number of nitrogens with one attached hydrogen (secondary N) is 1. The van der Waals surface area contributed by atoms with Crippen LogP contribution in [0.3, 0.4) is 0 Å². The molecular formula is C15H21F2N5O. The number of hydrogen-bond donors (Lipinski definition) is 1. The highest BCUT2D eigenvalue weighted by molar-refractivity contribution is 5.76. The van der Waals surface area contributed by atoms with Gasteiger partial charge in [0.05, 0.1) is 0 Å². The van der Waals surface area contributed by atoms with Gasteiger partial charge in [0.15, 0.2) is 0 Å². The summed E-state index contributed by atoms with van der Waals surface area (Å²) in [5.41, 5.74) is -0.231. The van der Waals surface area contributed by atoms with Crippen LogP contribution in [0.1, 0.15) is 31.4 Å². The minimum absolute atomic E-state index is 0.131. The first-order valence-corrected chi connectivity index (χ1v) is 7.99. The van der Waals surface area contributed by atoms with E-state index in [1.807, 2.05) is 4.90 Å². The smallest absolute Gasteiger partial charge is 0.280 e. The van der Waals surface area contributed by atoms with E-state index in [4.69, 9.17) is 0 Å². The average Bonchev–Trinajstić information content (AvgIpc) is 2.80. The predicted molar refractivity (Wildman–Crippen MR) is 81.4 cm³/mol. The zero-order valence-electron chi connectivity index (χ0n) is 12.9. The first kappa shape index (κ1) is 16.0. The van der Waals surface area contributed by atoms with Crippen molar-refractivity contribution in [2.45, 2.75) is 31.7 Å². The molecule has 2 fully saturated rings. The third-order valence-electron chi connectivity index (χ3n) is 4.56. The molecule has 0 aromatic carbocycles. The first-order chi connectivity index (χ1) is 11.1. The van der Waals surface area contributed by atoms with E-state index in [0.717, 1.165) is 45.6 Å². The number of alkyl halides is 2. The fourth-order valence-electron chi connectivity index (χ4n) is 3.24. The second-order valence-corrected chi connectivity index (χ2v) is 5.96. The molecule has 1 atom stereocenters. The summed E-state index contributed by atoms with van der Waals surface area (Å²) in [6, 6.07) is 1.78. The normalized spacial score (nSPS) is 23.7. The highest BCUT2D eigenvalue weighted by Crippen LogP contribution is 2.22. The minimum atomic E-state index is -2.57. The Labute approximate surface area is 133 Å². The molecule has 0 saturated carbocycles. The van der Waals surface area contributed by atoms with Crippen LogP contribution in [0.4, 0.5) is 14.6 Å². The molecule has 0 aliphatic carbocycles. The van der Waals surface area contributed by atoms with Gasteiger partial charge in [-0.25, -0.2) is 18.7 Å². The third-order valence-corrected chi connectivity index (χ3v) is 4.56. The van der Waals surface area contributed by atoms with Crippen LogP contribution >= 0.6 is 0 Å². The molecule has 1 amide bonds. The van der Waals surface area contributed by atoms with Crippen molar-refractivity contribution in [2.24, 2.45) is 0 Å². The molecule has 1 unspecified atom stereocenters. The molecule has 0 radical (unpaired) electrons. The van der Waals surface area contributed by atoms with E-state index >= 15 is 0 Å². The molecule has 6 nitrogen and oxygen atoms in total. The van der Waals surface area contributed by atoms with Crippen LogP contribution in [0.15, 0.2) is 12.4 Å². The van der Waals surface area contributed by atoms with Crippen LogP contribution in [-0.2, 0) is 4.79 Å². The van der Waals surface area contributed by atoms with Crippen LogP contribution in [0.2, 0.25) is 0 Å². The topological polar surface area (TPSA) is 61.4 Å². The van der Waals surface area contributed by atoms with Gasteiger partial charge in [0.1, 0.15) is 17.8 Å². The highest BCUT2D eigenvalue weighted by Gasteiger charge is 2.26. The Balaban J connectivity index is 1.58. The van der Waals surface area contributed by atoms with E-state index in [-0.39, 0.29) is 11.6 Å². The summed E-state index contributed by atoms with van der Waals surface area (Å²) in [6.45, 7) is 3.93. The molecule has 23 heavy (non-hydrogen) atoms. The number of carbonyl (C=O) groups is 1. The lowest BCUT2D eigenvalue weighted by Crippen LogP contribution is -2.50. The number of aromatic nitrogens is 2. The Kier molecular flexibility index (Phi) is 5.00. The van der Waals surface area contributed by atoms with E-state index in [9.17, 15) is 13.6 Å². The lowest BCUT2D eigenvalue weighted by molar-refractivity contribution is -0.120. The van der Waals surface area contributed by atoms with Crippen molar-refractivity contribution in [1.82, 2.24) is 20.2 Å². The molecule has 2 saturated heterocycles. The number of anilines is 1. The van der Waals surface area contributed by atoms with E-state index in [1.165, 1.54) is 12.4 Å². The molecule has 2 aliphatic rings. The van der Waals surface area contributed by atoms with Gasteiger partial charge in [0.25, 0.3) is 6.43 Å². The van der Waals surface area contributed by atoms with Crippen LogP contribution in [0, 0.1) is 0 Å². The Morgan fingerprint density at radius 1 is 1.17 bits per heavy atom. The van der Waals surface area contributed by atoms with E-state index in [2.05, 4.69) is 20.2 Å². The molecule has 0 bridgehead atoms. The highest BCUT2D eigenvalue weighted by atomic mass is 19.3. The molecule has 1 N–H and O–H groups in total. The van der Waals surface area contributed by atoms with Gasteiger partial charge in [0.2, 0.25) is 5.91 Å². The first-order valence-electron chi connectivity index (χ1n) is 7.99. The second-order valence-electron chi connectivity index (χ2n) is 5.96. The van der Waals surface area contributed by atoms with Gasteiger partial charge in [-0.2, -0.15) is 0 Å². The zero-order chi connectivity index (χ0) is 16.2. The Hall–Kier alpha value is -1.83. The lowest BCUT2D eigenvalue weighted by atomic mass is 10.1. The van der Waals surface area contributed by atoms with Crippen molar-refractivity contribution in [1.29, 1.82) is 0 Å². The number of carbonyl (C=O) groups excluding carboxylic acids is 1. The monoisotopic (exact) mass is 325 g/mol. The molecule has 2 aliphatic heterocycles. The Morgan fingerprint density at radius 2 is 1.96 bits per heavy atom. The average molecular weight is 325 g/mol. The summed E-state index contributed by atoms with van der Waals surface area (Å²) in [5.74, 6) is 0.694. The van der Waals surface area contributed by atoms with Gasteiger partial charge in [-0.3, -0.25) is 9.69 Å².